The third-order valence-electron chi connectivity index (χ3n) is 4.82. The van der Waals surface area contributed by atoms with E-state index >= 15 is 0 Å². The van der Waals surface area contributed by atoms with Crippen molar-refractivity contribution in [2.75, 3.05) is 44.7 Å². The number of nitrogens with zero attached hydrogens (tertiary/aromatic N) is 2. The molecule has 5 nitrogen and oxygen atoms in total. The summed E-state index contributed by atoms with van der Waals surface area (Å²) in [4.78, 5) is 16.7. The average molecular weight is 388 g/mol. The minimum Gasteiger partial charge on any atom is -0.495 e. The molecular formula is C21H26ClN3O2. The standard InChI is InChI=1S/C21H26ClN3O2/c1-27-20-5-3-2-4-19(20)24-12-14-25(15-13-24)21(26)10-11-23-16-17-6-8-18(22)9-7-17/h2-9,23H,10-16H2,1H3. The number of nitrogens with one attached hydrogen (secondary N) is 1. The fraction of sp³-hybridized carbons (Fsp3) is 0.381. The van der Waals surface area contributed by atoms with Crippen molar-refractivity contribution in [3.63, 3.8) is 0 Å². The van der Waals surface area contributed by atoms with Crippen LogP contribution in [-0.4, -0.2) is 50.6 Å². The van der Waals surface area contributed by atoms with Crippen LogP contribution >= 0.6 is 11.6 Å². The summed E-state index contributed by atoms with van der Waals surface area (Å²) in [5, 5.41) is 4.06. The predicted octanol–water partition coefficient (Wildman–Crippen LogP) is 3.18. The van der Waals surface area contributed by atoms with E-state index in [9.17, 15) is 4.79 Å². The molecule has 6 heteroatoms. The zero-order valence-corrected chi connectivity index (χ0v) is 16.4. The molecule has 1 aliphatic rings. The fourth-order valence-electron chi connectivity index (χ4n) is 3.28. The van der Waals surface area contributed by atoms with E-state index in [1.165, 1.54) is 0 Å². The van der Waals surface area contributed by atoms with Gasteiger partial charge in [-0.25, -0.2) is 0 Å². The molecule has 144 valence electrons. The number of amides is 1. The molecule has 1 heterocycles. The van der Waals surface area contributed by atoms with Gasteiger partial charge in [-0.1, -0.05) is 35.9 Å². The first-order chi connectivity index (χ1) is 13.2. The van der Waals surface area contributed by atoms with E-state index in [4.69, 9.17) is 16.3 Å². The Hall–Kier alpha value is -2.24. The minimum absolute atomic E-state index is 0.207. The molecule has 0 bridgehead atoms. The van der Waals surface area contributed by atoms with E-state index < -0.39 is 0 Å². The molecule has 0 spiro atoms. The topological polar surface area (TPSA) is 44.8 Å². The average Bonchev–Trinajstić information content (AvgIpc) is 2.72. The molecule has 1 aliphatic heterocycles. The van der Waals surface area contributed by atoms with Gasteiger partial charge in [0, 0.05) is 50.7 Å². The van der Waals surface area contributed by atoms with Gasteiger partial charge in [-0.15, -0.1) is 0 Å². The minimum atomic E-state index is 0.207. The Morgan fingerprint density at radius 3 is 2.48 bits per heavy atom. The summed E-state index contributed by atoms with van der Waals surface area (Å²) >= 11 is 5.89. The van der Waals surface area contributed by atoms with Crippen LogP contribution in [0, 0.1) is 0 Å². The van der Waals surface area contributed by atoms with Crippen molar-refractivity contribution in [3.8, 4) is 5.75 Å². The van der Waals surface area contributed by atoms with Gasteiger partial charge in [0.25, 0.3) is 0 Å². The highest BCUT2D eigenvalue weighted by molar-refractivity contribution is 6.30. The van der Waals surface area contributed by atoms with E-state index in [1.54, 1.807) is 7.11 Å². The number of anilines is 1. The molecule has 3 rings (SSSR count). The van der Waals surface area contributed by atoms with Crippen molar-refractivity contribution >= 4 is 23.2 Å². The van der Waals surface area contributed by atoms with Gasteiger partial charge in [0.2, 0.25) is 5.91 Å². The van der Waals surface area contributed by atoms with Gasteiger partial charge in [0.1, 0.15) is 5.75 Å². The van der Waals surface area contributed by atoms with Gasteiger partial charge in [-0.05, 0) is 29.8 Å². The number of piperazine rings is 1. The molecule has 0 aromatic heterocycles. The molecule has 27 heavy (non-hydrogen) atoms. The smallest absolute Gasteiger partial charge is 0.223 e. The second kappa shape index (κ2) is 9.62. The van der Waals surface area contributed by atoms with Crippen LogP contribution in [0.3, 0.4) is 0 Å². The van der Waals surface area contributed by atoms with Gasteiger partial charge in [0.05, 0.1) is 12.8 Å². The number of rotatable bonds is 7. The molecule has 1 saturated heterocycles. The molecule has 0 radical (unpaired) electrons. The highest BCUT2D eigenvalue weighted by Crippen LogP contribution is 2.28. The lowest BCUT2D eigenvalue weighted by molar-refractivity contribution is -0.131. The number of methoxy groups -OCH3 is 1. The van der Waals surface area contributed by atoms with Crippen LogP contribution in [0.2, 0.25) is 5.02 Å². The number of benzene rings is 2. The lowest BCUT2D eigenvalue weighted by atomic mass is 10.2. The third kappa shape index (κ3) is 5.37. The summed E-state index contributed by atoms with van der Waals surface area (Å²) < 4.78 is 5.44. The van der Waals surface area contributed by atoms with Crippen LogP contribution in [0.25, 0.3) is 0 Å². The first-order valence-corrected chi connectivity index (χ1v) is 9.66. The first kappa shape index (κ1) is 19.5. The molecule has 0 unspecified atom stereocenters. The maximum Gasteiger partial charge on any atom is 0.223 e. The molecule has 1 N–H and O–H groups in total. The number of hydrogen-bond acceptors (Lipinski definition) is 4. The summed E-state index contributed by atoms with van der Waals surface area (Å²) in [6.45, 7) is 4.55. The molecule has 0 aliphatic carbocycles. The third-order valence-corrected chi connectivity index (χ3v) is 5.07. The zero-order valence-electron chi connectivity index (χ0n) is 15.7. The maximum absolute atomic E-state index is 12.4. The lowest BCUT2D eigenvalue weighted by Gasteiger charge is -2.36. The number of carbonyl (C=O) groups is 1. The van der Waals surface area contributed by atoms with Crippen LogP contribution < -0.4 is 15.0 Å². The molecule has 0 saturated carbocycles. The van der Waals surface area contributed by atoms with Gasteiger partial charge in [0.15, 0.2) is 0 Å². The second-order valence-electron chi connectivity index (χ2n) is 6.59. The molecule has 2 aromatic carbocycles. The summed E-state index contributed by atoms with van der Waals surface area (Å²) in [5.41, 5.74) is 2.26. The van der Waals surface area contributed by atoms with Crippen molar-refractivity contribution in [2.45, 2.75) is 13.0 Å². The van der Waals surface area contributed by atoms with Crippen molar-refractivity contribution in [2.24, 2.45) is 0 Å². The van der Waals surface area contributed by atoms with Crippen molar-refractivity contribution in [1.82, 2.24) is 10.2 Å². The van der Waals surface area contributed by atoms with Gasteiger partial charge in [-0.2, -0.15) is 0 Å². The van der Waals surface area contributed by atoms with Crippen LogP contribution in [-0.2, 0) is 11.3 Å². The summed E-state index contributed by atoms with van der Waals surface area (Å²) in [6.07, 6.45) is 0.516. The summed E-state index contributed by atoms with van der Waals surface area (Å²) in [5.74, 6) is 1.09. The molecule has 2 aromatic rings. The van der Waals surface area contributed by atoms with Crippen LogP contribution in [0.15, 0.2) is 48.5 Å². The normalized spacial score (nSPS) is 14.3. The number of para-hydroxylation sites is 2. The first-order valence-electron chi connectivity index (χ1n) is 9.28. The largest absolute Gasteiger partial charge is 0.495 e. The molecule has 1 fully saturated rings. The summed E-state index contributed by atoms with van der Waals surface area (Å²) in [6, 6.07) is 15.8. The Balaban J connectivity index is 1.40. The van der Waals surface area contributed by atoms with E-state index in [2.05, 4.69) is 16.3 Å². The van der Waals surface area contributed by atoms with Crippen molar-refractivity contribution in [3.05, 3.63) is 59.1 Å². The Morgan fingerprint density at radius 1 is 1.07 bits per heavy atom. The number of carbonyl (C=O) groups excluding carboxylic acids is 1. The molecule has 0 atom stereocenters. The van der Waals surface area contributed by atoms with Crippen molar-refractivity contribution < 1.29 is 9.53 Å². The molecular weight excluding hydrogens is 362 g/mol. The van der Waals surface area contributed by atoms with Crippen LogP contribution in [0.1, 0.15) is 12.0 Å². The maximum atomic E-state index is 12.4. The predicted molar refractivity (Wildman–Crippen MR) is 110 cm³/mol. The second-order valence-corrected chi connectivity index (χ2v) is 7.03. The highest BCUT2D eigenvalue weighted by Gasteiger charge is 2.22. The zero-order chi connectivity index (χ0) is 19.1. The van der Waals surface area contributed by atoms with E-state index in [1.807, 2.05) is 47.4 Å². The number of ether oxygens (including phenoxy) is 1. The monoisotopic (exact) mass is 387 g/mol. The van der Waals surface area contributed by atoms with E-state index in [0.29, 0.717) is 13.0 Å². The van der Waals surface area contributed by atoms with Gasteiger partial charge < -0.3 is 19.9 Å². The van der Waals surface area contributed by atoms with E-state index in [0.717, 1.165) is 54.7 Å². The number of halogens is 1. The lowest BCUT2D eigenvalue weighted by Crippen LogP contribution is -2.49. The SMILES string of the molecule is COc1ccccc1N1CCN(C(=O)CCNCc2ccc(Cl)cc2)CC1. The Bertz CT molecular complexity index is 743. The highest BCUT2D eigenvalue weighted by atomic mass is 35.5. The Kier molecular flexibility index (Phi) is 6.96. The van der Waals surface area contributed by atoms with Crippen molar-refractivity contribution in [1.29, 1.82) is 0 Å². The number of hydrogen-bond donors (Lipinski definition) is 1. The van der Waals surface area contributed by atoms with Crippen LogP contribution in [0.4, 0.5) is 5.69 Å². The van der Waals surface area contributed by atoms with Crippen LogP contribution in [0.5, 0.6) is 5.75 Å². The van der Waals surface area contributed by atoms with E-state index in [-0.39, 0.29) is 5.91 Å². The summed E-state index contributed by atoms with van der Waals surface area (Å²) in [7, 11) is 1.69. The Morgan fingerprint density at radius 2 is 1.78 bits per heavy atom. The fourth-order valence-corrected chi connectivity index (χ4v) is 3.40. The molecule has 1 amide bonds. The Labute approximate surface area is 165 Å². The van der Waals surface area contributed by atoms with Gasteiger partial charge >= 0.3 is 0 Å². The van der Waals surface area contributed by atoms with Gasteiger partial charge in [-0.3, -0.25) is 4.79 Å². The quantitative estimate of drug-likeness (QED) is 0.741.